The number of rotatable bonds is 3. The zero-order valence-electron chi connectivity index (χ0n) is 13.3. The number of fused-ring (bicyclic) bond motifs is 2. The lowest BCUT2D eigenvalue weighted by atomic mass is 9.92. The number of amides is 1. The van der Waals surface area contributed by atoms with Gasteiger partial charge in [-0.05, 0) is 36.0 Å². The number of halogens is 1. The highest BCUT2D eigenvalue weighted by atomic mass is 35.5. The van der Waals surface area contributed by atoms with E-state index in [-0.39, 0.29) is 12.1 Å². The molecule has 2 fully saturated rings. The summed E-state index contributed by atoms with van der Waals surface area (Å²) < 4.78 is 5.52. The number of pyridine rings is 1. The fraction of sp³-hybridized carbons (Fsp3) is 0.368. The molecule has 24 heavy (non-hydrogen) atoms. The maximum absolute atomic E-state index is 12.5. The third-order valence-corrected chi connectivity index (χ3v) is 5.32. The number of likely N-dealkylation sites (tertiary alicyclic amines) is 1. The van der Waals surface area contributed by atoms with Gasteiger partial charge < -0.3 is 9.64 Å². The van der Waals surface area contributed by atoms with Crippen LogP contribution in [0.4, 0.5) is 4.79 Å². The zero-order valence-corrected chi connectivity index (χ0v) is 14.0. The molecule has 1 saturated carbocycles. The SMILES string of the molecule is O=C(OCc1ccccc1)N1C[C@@H]2C[C@@H]1[C@H](c1ccc(Cl)nc1)C2. The number of benzene rings is 1. The molecule has 5 heteroatoms. The Morgan fingerprint density at radius 1 is 1.21 bits per heavy atom. The van der Waals surface area contributed by atoms with Gasteiger partial charge in [0.1, 0.15) is 11.8 Å². The van der Waals surface area contributed by atoms with Gasteiger partial charge in [-0.15, -0.1) is 0 Å². The van der Waals surface area contributed by atoms with E-state index < -0.39 is 0 Å². The van der Waals surface area contributed by atoms with E-state index in [2.05, 4.69) is 4.98 Å². The van der Waals surface area contributed by atoms with Crippen molar-refractivity contribution in [3.63, 3.8) is 0 Å². The molecule has 2 aromatic rings. The molecule has 1 aromatic heterocycles. The van der Waals surface area contributed by atoms with Crippen LogP contribution in [-0.4, -0.2) is 28.6 Å². The summed E-state index contributed by atoms with van der Waals surface area (Å²) in [5, 5.41) is 0.501. The average molecular weight is 343 g/mol. The number of hydrogen-bond acceptors (Lipinski definition) is 3. The summed E-state index contributed by atoms with van der Waals surface area (Å²) in [6.07, 6.45) is 3.78. The second kappa shape index (κ2) is 6.44. The topological polar surface area (TPSA) is 42.4 Å². The van der Waals surface area contributed by atoms with E-state index in [0.717, 1.165) is 30.5 Å². The van der Waals surface area contributed by atoms with Crippen LogP contribution in [0.2, 0.25) is 5.15 Å². The van der Waals surface area contributed by atoms with Gasteiger partial charge in [-0.25, -0.2) is 9.78 Å². The summed E-state index contributed by atoms with van der Waals surface area (Å²) in [6, 6.07) is 13.8. The van der Waals surface area contributed by atoms with Crippen LogP contribution in [0.3, 0.4) is 0 Å². The van der Waals surface area contributed by atoms with E-state index in [4.69, 9.17) is 16.3 Å². The average Bonchev–Trinajstić information content (AvgIpc) is 3.22. The van der Waals surface area contributed by atoms with Crippen molar-refractivity contribution in [2.24, 2.45) is 5.92 Å². The Labute approximate surface area is 146 Å². The molecule has 2 aliphatic rings. The van der Waals surface area contributed by atoms with Crippen molar-refractivity contribution in [1.29, 1.82) is 0 Å². The van der Waals surface area contributed by atoms with E-state index in [1.165, 1.54) is 0 Å². The van der Waals surface area contributed by atoms with Crippen LogP contribution >= 0.6 is 11.6 Å². The highest BCUT2D eigenvalue weighted by Gasteiger charge is 2.48. The van der Waals surface area contributed by atoms with Crippen LogP contribution in [0.25, 0.3) is 0 Å². The highest BCUT2D eigenvalue weighted by Crippen LogP contribution is 2.47. The second-order valence-electron chi connectivity index (χ2n) is 6.62. The molecule has 1 aliphatic carbocycles. The fourth-order valence-electron chi connectivity index (χ4n) is 4.00. The summed E-state index contributed by atoms with van der Waals surface area (Å²) >= 11 is 5.88. The lowest BCUT2D eigenvalue weighted by molar-refractivity contribution is 0.0811. The predicted molar refractivity (Wildman–Crippen MR) is 91.8 cm³/mol. The van der Waals surface area contributed by atoms with Crippen molar-refractivity contribution in [3.8, 4) is 0 Å². The first-order valence-corrected chi connectivity index (χ1v) is 8.67. The fourth-order valence-corrected chi connectivity index (χ4v) is 4.11. The molecule has 2 heterocycles. The smallest absolute Gasteiger partial charge is 0.410 e. The van der Waals surface area contributed by atoms with Gasteiger partial charge in [-0.1, -0.05) is 48.0 Å². The molecule has 1 saturated heterocycles. The minimum atomic E-state index is -0.210. The van der Waals surface area contributed by atoms with Crippen LogP contribution in [0, 0.1) is 5.92 Å². The van der Waals surface area contributed by atoms with E-state index in [0.29, 0.717) is 23.6 Å². The molecule has 0 radical (unpaired) electrons. The van der Waals surface area contributed by atoms with E-state index in [1.807, 2.05) is 53.6 Å². The largest absolute Gasteiger partial charge is 0.445 e. The molecule has 3 atom stereocenters. The van der Waals surface area contributed by atoms with Gasteiger partial charge in [0.2, 0.25) is 0 Å². The summed E-state index contributed by atoms with van der Waals surface area (Å²) in [7, 11) is 0. The number of ether oxygens (including phenoxy) is 1. The molecule has 0 spiro atoms. The number of aromatic nitrogens is 1. The van der Waals surface area contributed by atoms with E-state index >= 15 is 0 Å². The van der Waals surface area contributed by atoms with Crippen molar-refractivity contribution in [2.75, 3.05) is 6.54 Å². The Kier molecular flexibility index (Phi) is 4.15. The van der Waals surface area contributed by atoms with Crippen LogP contribution in [-0.2, 0) is 11.3 Å². The van der Waals surface area contributed by atoms with Gasteiger partial charge in [0.25, 0.3) is 0 Å². The molecule has 4 rings (SSSR count). The molecular weight excluding hydrogens is 324 g/mol. The molecule has 0 N–H and O–H groups in total. The minimum Gasteiger partial charge on any atom is -0.445 e. The molecule has 124 valence electrons. The Morgan fingerprint density at radius 3 is 2.75 bits per heavy atom. The first-order chi connectivity index (χ1) is 11.7. The molecule has 1 aromatic carbocycles. The number of carbonyl (C=O) groups is 1. The third-order valence-electron chi connectivity index (χ3n) is 5.10. The molecule has 1 amide bonds. The number of piperidine rings is 1. The molecule has 4 nitrogen and oxygen atoms in total. The van der Waals surface area contributed by atoms with Crippen molar-refractivity contribution >= 4 is 17.7 Å². The predicted octanol–water partition coefficient (Wildman–Crippen LogP) is 4.25. The van der Waals surface area contributed by atoms with Crippen molar-refractivity contribution < 1.29 is 9.53 Å². The van der Waals surface area contributed by atoms with Crippen LogP contribution < -0.4 is 0 Å². The molecule has 2 bridgehead atoms. The summed E-state index contributed by atoms with van der Waals surface area (Å²) in [6.45, 7) is 1.12. The van der Waals surface area contributed by atoms with Gasteiger partial charge in [0, 0.05) is 24.7 Å². The van der Waals surface area contributed by atoms with Gasteiger partial charge in [0.05, 0.1) is 0 Å². The zero-order chi connectivity index (χ0) is 16.5. The monoisotopic (exact) mass is 342 g/mol. The first kappa shape index (κ1) is 15.5. The maximum atomic E-state index is 12.5. The normalized spacial score (nSPS) is 25.0. The summed E-state index contributed by atoms with van der Waals surface area (Å²) in [5.41, 5.74) is 2.17. The van der Waals surface area contributed by atoms with Crippen molar-refractivity contribution in [2.45, 2.75) is 31.4 Å². The second-order valence-corrected chi connectivity index (χ2v) is 7.01. The minimum absolute atomic E-state index is 0.209. The van der Waals surface area contributed by atoms with E-state index in [1.54, 1.807) is 0 Å². The molecule has 0 unspecified atom stereocenters. The Morgan fingerprint density at radius 2 is 2.04 bits per heavy atom. The Hall–Kier alpha value is -2.07. The Bertz CT molecular complexity index is 720. The molecule has 1 aliphatic heterocycles. The van der Waals surface area contributed by atoms with Gasteiger partial charge in [-0.2, -0.15) is 0 Å². The summed E-state index contributed by atoms with van der Waals surface area (Å²) in [4.78, 5) is 18.6. The van der Waals surface area contributed by atoms with Crippen molar-refractivity contribution in [3.05, 3.63) is 64.9 Å². The molecular formula is C19H19ClN2O2. The quantitative estimate of drug-likeness (QED) is 0.783. The van der Waals surface area contributed by atoms with Gasteiger partial charge in [-0.3, -0.25) is 0 Å². The standard InChI is InChI=1S/C19H19ClN2O2/c20-18-7-6-15(10-21-18)16-8-14-9-17(16)22(11-14)19(23)24-12-13-4-2-1-3-5-13/h1-7,10,14,16-17H,8-9,11-12H2/t14-,16-,17+/m0/s1. The van der Waals surface area contributed by atoms with Gasteiger partial charge >= 0.3 is 6.09 Å². The van der Waals surface area contributed by atoms with Crippen LogP contribution in [0.15, 0.2) is 48.7 Å². The number of nitrogens with zero attached hydrogens (tertiary/aromatic N) is 2. The lowest BCUT2D eigenvalue weighted by Crippen LogP contribution is -2.41. The van der Waals surface area contributed by atoms with Crippen LogP contribution in [0.1, 0.15) is 29.9 Å². The van der Waals surface area contributed by atoms with E-state index in [9.17, 15) is 4.79 Å². The summed E-state index contributed by atoms with van der Waals surface area (Å²) in [5.74, 6) is 0.887. The maximum Gasteiger partial charge on any atom is 0.410 e. The van der Waals surface area contributed by atoms with Crippen molar-refractivity contribution in [1.82, 2.24) is 9.88 Å². The number of carbonyl (C=O) groups excluding carboxylic acids is 1. The highest BCUT2D eigenvalue weighted by molar-refractivity contribution is 6.29. The van der Waals surface area contributed by atoms with Gasteiger partial charge in [0.15, 0.2) is 0 Å². The Balaban J connectivity index is 1.43. The lowest BCUT2D eigenvalue weighted by Gasteiger charge is -2.32. The third kappa shape index (κ3) is 2.98. The van der Waals surface area contributed by atoms with Crippen LogP contribution in [0.5, 0.6) is 0 Å². The number of hydrogen-bond donors (Lipinski definition) is 0. The first-order valence-electron chi connectivity index (χ1n) is 8.29.